The molecule has 0 aromatic carbocycles. The molecule has 0 N–H and O–H groups in total. The molecule has 0 aliphatic carbocycles. The fourth-order valence-electron chi connectivity index (χ4n) is 1.31. The Labute approximate surface area is 84.4 Å². The van der Waals surface area contributed by atoms with Crippen molar-refractivity contribution < 1.29 is 0 Å². The SMILES string of the molecule is CCCCCC1N=NC=CC1=C=S. The van der Waals surface area contributed by atoms with E-state index in [1.165, 1.54) is 19.3 Å². The highest BCUT2D eigenvalue weighted by molar-refractivity contribution is 7.78. The number of hydrogen-bond donors (Lipinski definition) is 0. The van der Waals surface area contributed by atoms with E-state index < -0.39 is 0 Å². The molecule has 1 heterocycles. The Morgan fingerprint density at radius 1 is 1.54 bits per heavy atom. The standard InChI is InChI=1S/C10H14N2S/c1-2-3-4-5-10-9(8-13)6-7-11-12-10/h6-7,10H,2-5H2,1H3. The van der Waals surface area contributed by atoms with Crippen LogP contribution in [-0.2, 0) is 0 Å². The number of azo groups is 1. The largest absolute Gasteiger partial charge is 0.180 e. The number of thiocarbonyl (C=S) groups is 1. The van der Waals surface area contributed by atoms with Gasteiger partial charge in [-0.1, -0.05) is 26.2 Å². The highest BCUT2D eigenvalue weighted by atomic mass is 32.1. The number of hydrogen-bond acceptors (Lipinski definition) is 3. The highest BCUT2D eigenvalue weighted by Gasteiger charge is 2.12. The van der Waals surface area contributed by atoms with Crippen LogP contribution in [0.25, 0.3) is 0 Å². The maximum atomic E-state index is 4.79. The van der Waals surface area contributed by atoms with Crippen LogP contribution in [0.5, 0.6) is 0 Å². The van der Waals surface area contributed by atoms with Crippen molar-refractivity contribution in [2.75, 3.05) is 0 Å². The predicted molar refractivity (Wildman–Crippen MR) is 58.0 cm³/mol. The second-order valence-corrected chi connectivity index (χ2v) is 3.32. The summed E-state index contributed by atoms with van der Waals surface area (Å²) in [6.45, 7) is 2.19. The van der Waals surface area contributed by atoms with Gasteiger partial charge in [-0.05, 0) is 29.7 Å². The van der Waals surface area contributed by atoms with Crippen LogP contribution in [0, 0.1) is 0 Å². The molecule has 0 saturated carbocycles. The molecule has 0 aromatic heterocycles. The van der Waals surface area contributed by atoms with Crippen molar-refractivity contribution in [1.82, 2.24) is 0 Å². The molecule has 2 nitrogen and oxygen atoms in total. The third-order valence-electron chi connectivity index (χ3n) is 2.08. The van der Waals surface area contributed by atoms with E-state index in [2.05, 4.69) is 22.2 Å². The van der Waals surface area contributed by atoms with Gasteiger partial charge in [0.1, 0.15) is 6.04 Å². The Balaban J connectivity index is 2.44. The van der Waals surface area contributed by atoms with Gasteiger partial charge in [0.15, 0.2) is 0 Å². The smallest absolute Gasteiger partial charge is 0.104 e. The average molecular weight is 194 g/mol. The maximum absolute atomic E-state index is 4.79. The summed E-state index contributed by atoms with van der Waals surface area (Å²) in [7, 11) is 0. The molecule has 13 heavy (non-hydrogen) atoms. The average Bonchev–Trinajstić information content (AvgIpc) is 2.19. The Morgan fingerprint density at radius 2 is 2.38 bits per heavy atom. The molecule has 0 fully saturated rings. The van der Waals surface area contributed by atoms with E-state index in [0.717, 1.165) is 12.0 Å². The van der Waals surface area contributed by atoms with E-state index in [-0.39, 0.29) is 6.04 Å². The van der Waals surface area contributed by atoms with E-state index in [4.69, 9.17) is 12.2 Å². The zero-order chi connectivity index (χ0) is 9.52. The second kappa shape index (κ2) is 5.79. The molecule has 0 saturated heterocycles. The van der Waals surface area contributed by atoms with Gasteiger partial charge in [-0.3, -0.25) is 0 Å². The molecular formula is C10H14N2S. The van der Waals surface area contributed by atoms with Gasteiger partial charge in [0.05, 0.1) is 6.20 Å². The first-order valence-corrected chi connectivity index (χ1v) is 5.10. The zero-order valence-electron chi connectivity index (χ0n) is 7.86. The van der Waals surface area contributed by atoms with Crippen molar-refractivity contribution in [3.8, 4) is 0 Å². The Bertz CT molecular complexity index is 262. The Hall–Kier alpha value is -0.790. The molecule has 0 bridgehead atoms. The van der Waals surface area contributed by atoms with Crippen LogP contribution < -0.4 is 0 Å². The molecule has 1 rings (SSSR count). The summed E-state index contributed by atoms with van der Waals surface area (Å²) in [5.74, 6) is 0. The number of unbranched alkanes of at least 4 members (excludes halogenated alkanes) is 2. The molecule has 0 aromatic rings. The van der Waals surface area contributed by atoms with Gasteiger partial charge in [-0.2, -0.15) is 10.2 Å². The van der Waals surface area contributed by atoms with Crippen LogP contribution in [0.4, 0.5) is 0 Å². The second-order valence-electron chi connectivity index (χ2n) is 3.12. The fraction of sp³-hybridized carbons (Fsp3) is 0.600. The fourth-order valence-corrected chi connectivity index (χ4v) is 1.51. The molecule has 0 amide bonds. The summed E-state index contributed by atoms with van der Waals surface area (Å²) >= 11 is 4.79. The van der Waals surface area contributed by atoms with Gasteiger partial charge in [0, 0.05) is 5.57 Å². The number of nitrogens with zero attached hydrogens (tertiary/aromatic N) is 2. The van der Waals surface area contributed by atoms with Gasteiger partial charge in [0.2, 0.25) is 0 Å². The summed E-state index contributed by atoms with van der Waals surface area (Å²) in [5, 5.41) is 10.7. The monoisotopic (exact) mass is 194 g/mol. The summed E-state index contributed by atoms with van der Waals surface area (Å²) in [6.07, 6.45) is 8.29. The number of rotatable bonds is 4. The van der Waals surface area contributed by atoms with E-state index in [1.54, 1.807) is 6.20 Å². The van der Waals surface area contributed by atoms with Gasteiger partial charge in [-0.25, -0.2) is 0 Å². The van der Waals surface area contributed by atoms with Crippen molar-refractivity contribution in [2.45, 2.75) is 38.6 Å². The van der Waals surface area contributed by atoms with E-state index in [0.29, 0.717) is 0 Å². The minimum absolute atomic E-state index is 0.161. The first-order valence-electron chi connectivity index (χ1n) is 4.70. The molecule has 70 valence electrons. The first kappa shape index (κ1) is 10.3. The van der Waals surface area contributed by atoms with Crippen LogP contribution in [0.15, 0.2) is 28.1 Å². The minimum atomic E-state index is 0.161. The summed E-state index contributed by atoms with van der Waals surface area (Å²) < 4.78 is 0. The normalized spacial score (nSPS) is 20.4. The van der Waals surface area contributed by atoms with Gasteiger partial charge in [-0.15, -0.1) is 0 Å². The van der Waals surface area contributed by atoms with Crippen LogP contribution >= 0.6 is 12.2 Å². The first-order chi connectivity index (χ1) is 6.38. The Kier molecular flexibility index (Phi) is 4.58. The van der Waals surface area contributed by atoms with Crippen molar-refractivity contribution in [1.29, 1.82) is 0 Å². The third-order valence-corrected chi connectivity index (χ3v) is 2.32. The van der Waals surface area contributed by atoms with Crippen molar-refractivity contribution in [3.05, 3.63) is 17.8 Å². The van der Waals surface area contributed by atoms with Gasteiger partial charge >= 0.3 is 0 Å². The molecule has 0 radical (unpaired) electrons. The zero-order valence-corrected chi connectivity index (χ0v) is 8.68. The van der Waals surface area contributed by atoms with E-state index in [9.17, 15) is 0 Å². The Morgan fingerprint density at radius 3 is 3.08 bits per heavy atom. The summed E-state index contributed by atoms with van der Waals surface area (Å²) in [6, 6.07) is 0.161. The van der Waals surface area contributed by atoms with E-state index >= 15 is 0 Å². The molecule has 1 unspecified atom stereocenters. The lowest BCUT2D eigenvalue weighted by atomic mass is 10.0. The maximum Gasteiger partial charge on any atom is 0.104 e. The molecule has 1 aliphatic heterocycles. The van der Waals surface area contributed by atoms with Crippen molar-refractivity contribution in [2.24, 2.45) is 10.2 Å². The summed E-state index contributed by atoms with van der Waals surface area (Å²) in [5.41, 5.74) is 1.00. The summed E-state index contributed by atoms with van der Waals surface area (Å²) in [4.78, 5) is 0. The van der Waals surface area contributed by atoms with Crippen LogP contribution in [-0.4, -0.2) is 11.1 Å². The lowest BCUT2D eigenvalue weighted by molar-refractivity contribution is 0.596. The van der Waals surface area contributed by atoms with Crippen LogP contribution in [0.1, 0.15) is 32.6 Å². The third kappa shape index (κ3) is 3.21. The molecule has 1 aliphatic rings. The topological polar surface area (TPSA) is 24.7 Å². The van der Waals surface area contributed by atoms with Gasteiger partial charge in [0.25, 0.3) is 0 Å². The van der Waals surface area contributed by atoms with E-state index in [1.807, 2.05) is 6.08 Å². The lowest BCUT2D eigenvalue weighted by Gasteiger charge is -2.11. The van der Waals surface area contributed by atoms with Crippen LogP contribution in [0.3, 0.4) is 0 Å². The molecule has 3 heteroatoms. The molecule has 1 atom stereocenters. The van der Waals surface area contributed by atoms with Crippen molar-refractivity contribution >= 4 is 17.2 Å². The molecular weight excluding hydrogens is 180 g/mol. The van der Waals surface area contributed by atoms with Crippen molar-refractivity contribution in [3.63, 3.8) is 0 Å². The highest BCUT2D eigenvalue weighted by Crippen LogP contribution is 2.17. The lowest BCUT2D eigenvalue weighted by Crippen LogP contribution is -2.08. The predicted octanol–water partition coefficient (Wildman–Crippen LogP) is 3.44. The molecule has 0 spiro atoms. The minimum Gasteiger partial charge on any atom is -0.180 e. The van der Waals surface area contributed by atoms with Crippen LogP contribution in [0.2, 0.25) is 0 Å². The van der Waals surface area contributed by atoms with Gasteiger partial charge < -0.3 is 0 Å². The quantitative estimate of drug-likeness (QED) is 0.497.